The predicted molar refractivity (Wildman–Crippen MR) is 494 cm³/mol. The molecule has 27 nitrogen and oxygen atoms in total. The Kier molecular flexibility index (Phi) is 17.4. The van der Waals surface area contributed by atoms with Crippen molar-refractivity contribution in [2.45, 2.75) is 211 Å². The zero-order valence-corrected chi connectivity index (χ0v) is 72.7. The average molecular weight is 1880 g/mol. The molecule has 13 atom stereocenters. The Hall–Kier alpha value is -12.0. The highest BCUT2D eigenvalue weighted by Gasteiger charge is 2.57. The van der Waals surface area contributed by atoms with Crippen LogP contribution in [0.5, 0.6) is 0 Å². The first-order valence-corrected chi connectivity index (χ1v) is 43.1. The summed E-state index contributed by atoms with van der Waals surface area (Å²) in [6.45, 7) is -29.8. The van der Waals surface area contributed by atoms with Gasteiger partial charge in [-0.1, -0.05) is 115 Å². The molecule has 1 unspecified atom stereocenters. The fourth-order valence-electron chi connectivity index (χ4n) is 20.3. The van der Waals surface area contributed by atoms with E-state index in [1.54, 1.807) is 53.8 Å². The first-order chi connectivity index (χ1) is 75.9. The molecule has 0 radical (unpaired) electrons. The van der Waals surface area contributed by atoms with Gasteiger partial charge in [-0.3, -0.25) is 14.4 Å². The van der Waals surface area contributed by atoms with Crippen molar-refractivity contribution in [3.63, 3.8) is 0 Å². The molecule has 4 aromatic heterocycles. The number of rotatable bonds is 20. The zero-order chi connectivity index (χ0) is 122. The lowest BCUT2D eigenvalue weighted by atomic mass is 9.73. The van der Waals surface area contributed by atoms with Crippen LogP contribution in [0.2, 0.25) is 0 Å². The number of alkyl halides is 4. The number of hydrogen-bond acceptors (Lipinski definition) is 17. The van der Waals surface area contributed by atoms with E-state index in [0.717, 1.165) is 65.5 Å². The highest BCUT2D eigenvalue weighted by Crippen LogP contribution is 2.63. The number of carbonyl (C=O) groups excluding carboxylic acids is 6. The molecule has 2 aliphatic heterocycles. The van der Waals surface area contributed by atoms with Crippen molar-refractivity contribution in [1.29, 1.82) is 0 Å². The summed E-state index contributed by atoms with van der Waals surface area (Å²) in [6.07, 6.45) is 10.0. The lowest BCUT2D eigenvalue weighted by Crippen LogP contribution is -2.51. The molecule has 6 heterocycles. The summed E-state index contributed by atoms with van der Waals surface area (Å²) < 4.78 is 330. The lowest BCUT2D eigenvalue weighted by molar-refractivity contribution is -0.141. The molecule has 6 saturated carbocycles. The van der Waals surface area contributed by atoms with Crippen molar-refractivity contribution < 1.29 is 129 Å². The quantitative estimate of drug-likeness (QED) is 0.0192. The van der Waals surface area contributed by atoms with Gasteiger partial charge in [0.2, 0.25) is 5.91 Å². The number of aliphatic carboxylic acids is 2. The third-order valence-electron chi connectivity index (χ3n) is 27.3. The second-order valence-electron chi connectivity index (χ2n) is 35.1. The number of carboxylic acid groups (broad SMARTS) is 2. The number of ether oxygens (including phenoxy) is 4. The number of hydrogen-bond donors (Lipinski definition) is 11. The average Bonchev–Trinajstić information content (AvgIpc) is 1.36. The minimum Gasteiger partial charge on any atom is -0.480 e. The number of alkyl carbamates (subject to hydrolysis) is 3. The van der Waals surface area contributed by atoms with E-state index in [0.29, 0.717) is 88.7 Å². The van der Waals surface area contributed by atoms with Gasteiger partial charge in [0, 0.05) is 114 Å². The SMILES string of the molecule is COC(=O)Cl.FC1(F)c2cc(-c3ccc4nc([C@H]5N[C@@H]6CC[C@H]5C6)[nH]c4c3)ccc2-c2ccc(-c3ccc([C@H]4CCC5(CC5)C4)[nH]3)cc21.[2H]C([2H])([2H])C([2H])(C([2H])([2H])[2H])[C@@]([2H])(N)C(=O)O.[2H]C([2H])([2H])C([2H])(C([2H])([2H])[2H])[C@@]([2H])(NC(=O)OC)C(=O)C1[C@@H]2CC[C@@H](C2)[C@H]1c1nc2ccc(-c3ccc4c(c3)C(F)(F)c3cc(-c5cnc([C@@H]6CC7(CC7)CN6C(=O)[C@]([2H])(NC(=O)OC)C([2H])(C([2H])([2H])[2H])C([2H])([2H])[2H])[nH]5)ccc3-4)cc2[nH]1.[2H]C([2H])([2H])C([2H])(C([2H])([2H])[2H])[C@@]([2H])(NC(=O)OC)C(=O)O. The number of nitrogens with one attached hydrogen (secondary N) is 8. The van der Waals surface area contributed by atoms with Crippen LogP contribution in [-0.2, 0) is 50.0 Å². The number of imidazole rings is 3. The molecule has 6 aromatic carbocycles. The van der Waals surface area contributed by atoms with Crippen LogP contribution in [0.1, 0.15) is 258 Å². The fraction of sp³-hybridized carbons (Fsp3) is 0.475. The molecule has 704 valence electrons. The summed E-state index contributed by atoms with van der Waals surface area (Å²) in [4.78, 5) is 125. The Balaban J connectivity index is 0.000000186. The molecule has 10 aromatic rings. The first-order valence-electron chi connectivity index (χ1n) is 58.7. The largest absolute Gasteiger partial charge is 0.480 e. The van der Waals surface area contributed by atoms with E-state index in [9.17, 15) is 39.7 Å². The number of ketones is 1. The lowest BCUT2D eigenvalue weighted by Gasteiger charge is -2.32. The second-order valence-corrected chi connectivity index (χ2v) is 35.4. The Bertz CT molecular complexity index is 7560. The van der Waals surface area contributed by atoms with Crippen molar-refractivity contribution in [2.75, 3.05) is 35.0 Å². The maximum atomic E-state index is 16.9. The van der Waals surface area contributed by atoms with Crippen LogP contribution >= 0.6 is 11.6 Å². The van der Waals surface area contributed by atoms with E-state index in [1.165, 1.54) is 93.9 Å². The molecular weight excluding hydrogens is 1730 g/mol. The van der Waals surface area contributed by atoms with Crippen LogP contribution in [0.15, 0.2) is 128 Å². The first kappa shape index (κ1) is 61.8. The second kappa shape index (κ2) is 37.5. The van der Waals surface area contributed by atoms with Gasteiger partial charge in [0.15, 0.2) is 5.78 Å². The Labute approximate surface area is 818 Å². The monoisotopic (exact) mass is 1880 g/mol. The highest BCUT2D eigenvalue weighted by molar-refractivity contribution is 6.61. The molecule has 32 heteroatoms. The molecule has 20 rings (SSSR count). The summed E-state index contributed by atoms with van der Waals surface area (Å²) in [5.41, 5.74) is 14.2. The molecular formula is C101H116ClF4N13O14. The summed E-state index contributed by atoms with van der Waals surface area (Å²) in [5, 5.41) is 26.1. The molecule has 4 bridgehead atoms. The maximum Gasteiger partial charge on any atom is 0.407 e. The number of carbonyl (C=O) groups is 8. The number of aromatic amines is 4. The molecule has 2 spiro atoms. The van der Waals surface area contributed by atoms with Crippen LogP contribution in [0.25, 0.3) is 89.1 Å². The summed E-state index contributed by atoms with van der Waals surface area (Å²) in [6, 6.07) is 20.9. The van der Waals surface area contributed by atoms with Gasteiger partial charge >= 0.3 is 35.6 Å². The molecule has 133 heavy (non-hydrogen) atoms. The molecule has 12 N–H and O–H groups in total. The van der Waals surface area contributed by atoms with Gasteiger partial charge in [0.25, 0.3) is 11.8 Å². The summed E-state index contributed by atoms with van der Waals surface area (Å²) >= 11 is 4.60. The molecule has 8 fully saturated rings. The maximum absolute atomic E-state index is 16.9. The fourth-order valence-corrected chi connectivity index (χ4v) is 20.3. The summed E-state index contributed by atoms with van der Waals surface area (Å²) in [7, 11) is 3.74. The van der Waals surface area contributed by atoms with Gasteiger partial charge < -0.3 is 81.0 Å². The number of nitrogens with zero attached hydrogens (tertiary/aromatic N) is 4. The van der Waals surface area contributed by atoms with Crippen molar-refractivity contribution in [3.8, 4) is 67.0 Å². The highest BCUT2D eigenvalue weighted by atomic mass is 35.5. The van der Waals surface area contributed by atoms with Crippen molar-refractivity contribution >= 4 is 81.0 Å². The van der Waals surface area contributed by atoms with Crippen molar-refractivity contribution in [1.82, 2.24) is 61.1 Å². The standard InChI is InChI=1S/C50H55F2N7O6.C37H34F2N4.C7H13NO4.C5H11NO2.C2H3ClO2/c1-24(2)41(57-47(62)64-5)43(60)39-29-7-8-30(17-29)40(39)45-54-35-14-11-27(20-36(35)55-45)26-9-12-31-32-13-10-28(19-34(32)50(51,52)33(31)18-26)37-22-53-44(56-37)38-21-49(15-16-49)23-59(38)46(61)42(25(3)4)58-48(63)65-6;38-37(39)28-16-20(21-4-8-32-33(18-21)43-35(42-32)34-23-1-5-25(15-23)40-34)2-6-26(28)27-7-3-22(17-29(27)37)30-9-10-31(41-30)24-11-12-36(19-24)13-14-36;1-4(2)5(6(9)10)8-7(11)12-3;1-3(2)4(6)5(7)8;1-5-2(3)4/h9-14,18-20,22,24-25,29-30,38-42H,7-8,15-17,21,23H2,1-6H3,(H,53,56)(H,54,55)(H,57,62)(H,58,63);2-4,6-10,16-18,23-25,34,40-41H,1,5,11-15,19H2,(H,42,43);4-5H,1-3H3,(H,8,11)(H,9,10);3-4H,6H2,1-2H3,(H,7,8);1H3/t29-,30+,38+,39?,40-,41-,42-;23-,24-,25+,34-;5-;4-;/m1011./s1/i1D3,2D3,3D3,4D3,24D,25D,41D,42D;;1D3,2D3,4D,5D;1D3,2D3,3D,4D;. The molecule has 4 amide bonds. The Morgan fingerprint density at radius 1 is 0.511 bits per heavy atom. The third kappa shape index (κ3) is 19.0. The number of likely N-dealkylation sites (tertiary alicyclic amines) is 1. The number of piperidine rings is 1. The van der Waals surface area contributed by atoms with E-state index in [1.807, 2.05) is 41.7 Å². The molecule has 10 aliphatic rings. The number of aromatic nitrogens is 7. The minimum atomic E-state index is -3.90. The van der Waals surface area contributed by atoms with Gasteiger partial charge in [-0.15, -0.1) is 0 Å². The van der Waals surface area contributed by atoms with Gasteiger partial charge in [0.05, 0.1) is 86.0 Å². The van der Waals surface area contributed by atoms with E-state index in [-0.39, 0.29) is 81.2 Å². The normalized spacial score (nSPS) is 28.3. The smallest absolute Gasteiger partial charge is 0.407 e. The molecule has 2 saturated heterocycles. The number of H-pyrrole nitrogens is 4. The van der Waals surface area contributed by atoms with Crippen LogP contribution < -0.4 is 27.0 Å². The zero-order valence-electron chi connectivity index (χ0n) is 104. The van der Waals surface area contributed by atoms with Crippen LogP contribution in [0, 0.1) is 58.1 Å². The number of fused-ring (bicyclic) bond motifs is 12. The van der Waals surface area contributed by atoms with Gasteiger partial charge in [-0.05, 0) is 259 Å². The van der Waals surface area contributed by atoms with Crippen LogP contribution in [-0.4, -0.2) is 162 Å². The van der Waals surface area contributed by atoms with E-state index >= 15 is 17.6 Å². The van der Waals surface area contributed by atoms with Crippen molar-refractivity contribution in [3.05, 3.63) is 173 Å². The van der Waals surface area contributed by atoms with Crippen LogP contribution in [0.3, 0.4) is 0 Å². The van der Waals surface area contributed by atoms with Crippen LogP contribution in [0.4, 0.5) is 36.7 Å². The summed E-state index contributed by atoms with van der Waals surface area (Å²) in [5.74, 6) is -29.3. The van der Waals surface area contributed by atoms with E-state index in [2.05, 4.69) is 79.0 Å². The number of benzene rings is 6. The minimum absolute atomic E-state index is 0.0848. The molecule has 8 aliphatic carbocycles. The van der Waals surface area contributed by atoms with E-state index < -0.39 is 191 Å². The number of carboxylic acids is 2. The third-order valence-corrected chi connectivity index (χ3v) is 27.4. The van der Waals surface area contributed by atoms with E-state index in [4.69, 9.17) is 68.4 Å². The topological polar surface area (TPSA) is 393 Å². The van der Waals surface area contributed by atoms with Crippen molar-refractivity contribution in [2.24, 2.45) is 63.8 Å². The van der Waals surface area contributed by atoms with Gasteiger partial charge in [0.1, 0.15) is 35.5 Å². The van der Waals surface area contributed by atoms with Gasteiger partial charge in [-0.25, -0.2) is 38.9 Å². The number of amides is 4. The number of halogens is 5. The number of Topliss-reactive ketones (excluding diaryl/α,β-unsaturated/α-hetero) is 1. The Morgan fingerprint density at radius 3 is 1.49 bits per heavy atom. The number of methoxy groups -OCH3 is 4. The van der Waals surface area contributed by atoms with Gasteiger partial charge in [-0.2, -0.15) is 17.6 Å². The Morgan fingerprint density at radius 2 is 0.992 bits per heavy atom. The predicted octanol–water partition coefficient (Wildman–Crippen LogP) is 20.0. The number of nitrogens with two attached hydrogens (primary N) is 1.